The lowest BCUT2D eigenvalue weighted by Gasteiger charge is -2.18. The third kappa shape index (κ3) is 4.18. The highest BCUT2D eigenvalue weighted by molar-refractivity contribution is 6.03. The second-order valence-electron chi connectivity index (χ2n) is 8.21. The van der Waals surface area contributed by atoms with Crippen molar-refractivity contribution in [3.05, 3.63) is 23.5 Å². The average molecular weight is 386 g/mol. The van der Waals surface area contributed by atoms with Gasteiger partial charge < -0.3 is 10.1 Å². The smallest absolute Gasteiger partial charge is 0.339 e. The highest BCUT2D eigenvalue weighted by Crippen LogP contribution is 2.25. The maximum atomic E-state index is 12.9. The first kappa shape index (κ1) is 20.3. The molecule has 1 atom stereocenters. The van der Waals surface area contributed by atoms with E-state index in [9.17, 15) is 9.59 Å². The zero-order chi connectivity index (χ0) is 20.4. The molecular formula is C21H30N4O3. The second kappa shape index (κ2) is 8.29. The first-order valence-corrected chi connectivity index (χ1v) is 10.2. The van der Waals surface area contributed by atoms with Crippen molar-refractivity contribution in [3.8, 4) is 0 Å². The van der Waals surface area contributed by atoms with E-state index >= 15 is 0 Å². The summed E-state index contributed by atoms with van der Waals surface area (Å²) in [6.07, 6.45) is 5.04. The van der Waals surface area contributed by atoms with Gasteiger partial charge in [-0.25, -0.2) is 14.5 Å². The van der Waals surface area contributed by atoms with Gasteiger partial charge >= 0.3 is 5.97 Å². The summed E-state index contributed by atoms with van der Waals surface area (Å²) in [7, 11) is 0. The van der Waals surface area contributed by atoms with Gasteiger partial charge in [0, 0.05) is 17.8 Å². The molecule has 1 N–H and O–H groups in total. The third-order valence-corrected chi connectivity index (χ3v) is 5.24. The van der Waals surface area contributed by atoms with E-state index in [-0.39, 0.29) is 23.9 Å². The molecule has 1 unspecified atom stereocenters. The van der Waals surface area contributed by atoms with Crippen LogP contribution < -0.4 is 5.32 Å². The Balaban J connectivity index is 1.84. The monoisotopic (exact) mass is 386 g/mol. The van der Waals surface area contributed by atoms with Crippen LogP contribution in [-0.2, 0) is 9.53 Å². The van der Waals surface area contributed by atoms with E-state index in [0.717, 1.165) is 31.4 Å². The van der Waals surface area contributed by atoms with Crippen LogP contribution in [0.15, 0.2) is 12.3 Å². The van der Waals surface area contributed by atoms with Crippen LogP contribution in [0.4, 0.5) is 0 Å². The summed E-state index contributed by atoms with van der Waals surface area (Å²) in [5.41, 5.74) is 1.86. The molecule has 1 aliphatic rings. The van der Waals surface area contributed by atoms with Crippen LogP contribution in [0.25, 0.3) is 11.0 Å². The van der Waals surface area contributed by atoms with Crippen LogP contribution in [0.2, 0.25) is 0 Å². The fourth-order valence-electron chi connectivity index (χ4n) is 3.55. The van der Waals surface area contributed by atoms with Crippen molar-refractivity contribution in [2.24, 2.45) is 0 Å². The second-order valence-corrected chi connectivity index (χ2v) is 8.21. The maximum absolute atomic E-state index is 12.9. The van der Waals surface area contributed by atoms with Gasteiger partial charge in [-0.05, 0) is 45.6 Å². The van der Waals surface area contributed by atoms with Crippen LogP contribution >= 0.6 is 0 Å². The molecule has 0 saturated heterocycles. The molecule has 7 nitrogen and oxygen atoms in total. The van der Waals surface area contributed by atoms with Gasteiger partial charge in [0.15, 0.2) is 11.8 Å². The van der Waals surface area contributed by atoms with Crippen LogP contribution in [0.5, 0.6) is 0 Å². The summed E-state index contributed by atoms with van der Waals surface area (Å²) >= 11 is 0. The Kier molecular flexibility index (Phi) is 6.01. The number of hydrogen-bond donors (Lipinski definition) is 1. The highest BCUT2D eigenvalue weighted by Gasteiger charge is 2.26. The number of nitrogens with one attached hydrogen (secondary N) is 1. The summed E-state index contributed by atoms with van der Waals surface area (Å²) in [5, 5.41) is 8.01. The Bertz CT molecular complexity index is 866. The van der Waals surface area contributed by atoms with Gasteiger partial charge in [0.25, 0.3) is 5.91 Å². The lowest BCUT2D eigenvalue weighted by Crippen LogP contribution is -2.40. The minimum Gasteiger partial charge on any atom is -0.449 e. The van der Waals surface area contributed by atoms with E-state index in [4.69, 9.17) is 9.72 Å². The number of hydrogen-bond acceptors (Lipinski definition) is 5. The van der Waals surface area contributed by atoms with Crippen LogP contribution in [-0.4, -0.2) is 38.8 Å². The number of pyridine rings is 1. The predicted molar refractivity (Wildman–Crippen MR) is 107 cm³/mol. The van der Waals surface area contributed by atoms with Crippen molar-refractivity contribution in [3.63, 3.8) is 0 Å². The number of amides is 1. The van der Waals surface area contributed by atoms with E-state index in [1.165, 1.54) is 0 Å². The minimum absolute atomic E-state index is 0.118. The van der Waals surface area contributed by atoms with E-state index in [0.29, 0.717) is 16.6 Å². The summed E-state index contributed by atoms with van der Waals surface area (Å²) in [6, 6.07) is 2.06. The fourth-order valence-corrected chi connectivity index (χ4v) is 3.55. The van der Waals surface area contributed by atoms with Crippen molar-refractivity contribution in [1.29, 1.82) is 0 Å². The molecule has 0 aliphatic heterocycles. The van der Waals surface area contributed by atoms with Crippen molar-refractivity contribution in [2.75, 3.05) is 0 Å². The predicted octanol–water partition coefficient (Wildman–Crippen LogP) is 3.74. The lowest BCUT2D eigenvalue weighted by atomic mass is 10.1. The van der Waals surface area contributed by atoms with Crippen molar-refractivity contribution >= 4 is 22.9 Å². The largest absolute Gasteiger partial charge is 0.449 e. The van der Waals surface area contributed by atoms with Gasteiger partial charge in [0.1, 0.15) is 0 Å². The summed E-state index contributed by atoms with van der Waals surface area (Å²) in [4.78, 5) is 30.0. The Morgan fingerprint density at radius 3 is 2.46 bits per heavy atom. The fraction of sp³-hybridized carbons (Fsp3) is 0.619. The number of esters is 1. The molecule has 1 aliphatic carbocycles. The Hall–Kier alpha value is -2.44. The molecule has 0 aromatic carbocycles. The molecular weight excluding hydrogens is 356 g/mol. The normalized spacial score (nSPS) is 16.1. The van der Waals surface area contributed by atoms with E-state index in [2.05, 4.69) is 10.4 Å². The lowest BCUT2D eigenvalue weighted by molar-refractivity contribution is -0.129. The number of ether oxygens (including phenoxy) is 1. The highest BCUT2D eigenvalue weighted by atomic mass is 16.5. The molecule has 2 aromatic heterocycles. The average Bonchev–Trinajstić information content (AvgIpc) is 3.29. The van der Waals surface area contributed by atoms with E-state index in [1.807, 2.05) is 27.7 Å². The molecule has 2 aromatic rings. The summed E-state index contributed by atoms with van der Waals surface area (Å²) in [5.74, 6) is -0.617. The van der Waals surface area contributed by atoms with Crippen molar-refractivity contribution in [1.82, 2.24) is 20.1 Å². The molecule has 7 heteroatoms. The standard InChI is InChI=1S/C21H30N4O3/c1-12(2)18-10-16(17-11-22-25(13(3)4)19(17)24-18)21(27)28-14(5)20(26)23-15-8-6-7-9-15/h10-15H,6-9H2,1-5H3,(H,23,26). The molecule has 28 heavy (non-hydrogen) atoms. The molecule has 1 saturated carbocycles. The van der Waals surface area contributed by atoms with Crippen LogP contribution in [0.1, 0.15) is 88.3 Å². The van der Waals surface area contributed by atoms with Gasteiger partial charge in [0.05, 0.1) is 17.1 Å². The molecule has 1 fully saturated rings. The van der Waals surface area contributed by atoms with Gasteiger partial charge in [-0.15, -0.1) is 0 Å². The molecule has 152 valence electrons. The zero-order valence-electron chi connectivity index (χ0n) is 17.4. The van der Waals surface area contributed by atoms with Gasteiger partial charge in [-0.2, -0.15) is 5.10 Å². The van der Waals surface area contributed by atoms with E-state index in [1.54, 1.807) is 23.9 Å². The van der Waals surface area contributed by atoms with Crippen molar-refractivity contribution < 1.29 is 14.3 Å². The Labute approximate surface area is 165 Å². The number of nitrogens with zero attached hydrogens (tertiary/aromatic N) is 3. The molecule has 3 rings (SSSR count). The minimum atomic E-state index is -0.848. The molecule has 0 radical (unpaired) electrons. The summed E-state index contributed by atoms with van der Waals surface area (Å²) in [6.45, 7) is 9.70. The molecule has 0 spiro atoms. The quantitative estimate of drug-likeness (QED) is 0.764. The topological polar surface area (TPSA) is 86.1 Å². The van der Waals surface area contributed by atoms with Crippen LogP contribution in [0.3, 0.4) is 0 Å². The first-order valence-electron chi connectivity index (χ1n) is 10.2. The van der Waals surface area contributed by atoms with Crippen LogP contribution in [0, 0.1) is 0 Å². The first-order chi connectivity index (χ1) is 13.3. The maximum Gasteiger partial charge on any atom is 0.339 e. The third-order valence-electron chi connectivity index (χ3n) is 5.24. The molecule has 2 heterocycles. The summed E-state index contributed by atoms with van der Waals surface area (Å²) < 4.78 is 7.31. The number of carbonyl (C=O) groups is 2. The molecule has 1 amide bonds. The number of fused-ring (bicyclic) bond motifs is 1. The number of rotatable bonds is 6. The zero-order valence-corrected chi connectivity index (χ0v) is 17.4. The van der Waals surface area contributed by atoms with Gasteiger partial charge in [-0.3, -0.25) is 4.79 Å². The van der Waals surface area contributed by atoms with E-state index < -0.39 is 12.1 Å². The Morgan fingerprint density at radius 2 is 1.86 bits per heavy atom. The Morgan fingerprint density at radius 1 is 1.18 bits per heavy atom. The number of carbonyl (C=O) groups excluding carboxylic acids is 2. The SMILES string of the molecule is CC(OC(=O)c1cc(C(C)C)nc2c1cnn2C(C)C)C(=O)NC1CCCC1. The number of aromatic nitrogens is 3. The van der Waals surface area contributed by atoms with Gasteiger partial charge in [-0.1, -0.05) is 26.7 Å². The molecule has 0 bridgehead atoms. The van der Waals surface area contributed by atoms with Crippen molar-refractivity contribution in [2.45, 2.75) is 84.4 Å². The van der Waals surface area contributed by atoms with Gasteiger partial charge in [0.2, 0.25) is 0 Å².